The smallest absolute Gasteiger partial charge is 0.266 e. The van der Waals surface area contributed by atoms with Gasteiger partial charge in [-0.1, -0.05) is 65.5 Å². The van der Waals surface area contributed by atoms with E-state index in [1.165, 1.54) is 33.2 Å². The van der Waals surface area contributed by atoms with Gasteiger partial charge in [0.2, 0.25) is 0 Å². The molecular weight excluding hydrogens is 537 g/mol. The van der Waals surface area contributed by atoms with E-state index in [4.69, 9.17) is 28.8 Å². The fourth-order valence-electron chi connectivity index (χ4n) is 3.59. The molecule has 1 amide bonds. The first kappa shape index (κ1) is 24.7. The third-order valence-electron chi connectivity index (χ3n) is 5.40. The third kappa shape index (κ3) is 5.10. The maximum atomic E-state index is 13.6. The summed E-state index contributed by atoms with van der Waals surface area (Å²) in [6.07, 6.45) is 3.28. The van der Waals surface area contributed by atoms with Gasteiger partial charge in [0.15, 0.2) is 0 Å². The molecule has 180 valence electrons. The molecule has 1 saturated heterocycles. The van der Waals surface area contributed by atoms with E-state index >= 15 is 0 Å². The number of thioether (sulfide) groups is 1. The number of carbonyl (C=O) groups is 1. The lowest BCUT2D eigenvalue weighted by atomic mass is 10.2. The molecule has 0 aliphatic carbocycles. The highest BCUT2D eigenvalue weighted by atomic mass is 35.5. The monoisotopic (exact) mass is 553 g/mol. The first-order chi connectivity index (χ1) is 17.3. The summed E-state index contributed by atoms with van der Waals surface area (Å²) in [5.41, 5.74) is 2.16. The number of nitrogens with zero attached hydrogens (tertiary/aromatic N) is 3. The van der Waals surface area contributed by atoms with Gasteiger partial charge in [-0.3, -0.25) is 18.9 Å². The van der Waals surface area contributed by atoms with Crippen molar-refractivity contribution in [3.63, 3.8) is 0 Å². The minimum atomic E-state index is -0.353. The van der Waals surface area contributed by atoms with E-state index in [0.717, 1.165) is 27.8 Å². The number of benzene rings is 2. The summed E-state index contributed by atoms with van der Waals surface area (Å²) in [4.78, 5) is 34.2. The predicted molar refractivity (Wildman–Crippen MR) is 147 cm³/mol. The highest BCUT2D eigenvalue weighted by molar-refractivity contribution is 8.26. The topological polar surface area (TPSA) is 54.7 Å². The number of hydrogen-bond donors (Lipinski definition) is 0. The molecule has 0 unspecified atom stereocenters. The summed E-state index contributed by atoms with van der Waals surface area (Å²) in [7, 11) is 0. The highest BCUT2D eigenvalue weighted by Gasteiger charge is 2.32. The molecule has 1 aliphatic heterocycles. The van der Waals surface area contributed by atoms with E-state index in [-0.39, 0.29) is 23.8 Å². The van der Waals surface area contributed by atoms with Gasteiger partial charge in [-0.05, 0) is 66.6 Å². The van der Waals surface area contributed by atoms with Gasteiger partial charge < -0.3 is 0 Å². The molecule has 2 aromatic heterocycles. The first-order valence-corrected chi connectivity index (χ1v) is 13.2. The molecule has 1 aliphatic rings. The predicted octanol–water partition coefficient (Wildman–Crippen LogP) is 6.35. The molecule has 0 spiro atoms. The Labute approximate surface area is 225 Å². The van der Waals surface area contributed by atoms with Crippen molar-refractivity contribution in [1.29, 1.82) is 0 Å². The van der Waals surface area contributed by atoms with E-state index < -0.39 is 0 Å². The van der Waals surface area contributed by atoms with Crippen LogP contribution in [0.5, 0.6) is 0 Å². The number of rotatable bonds is 5. The van der Waals surface area contributed by atoms with Gasteiger partial charge in [0.05, 0.1) is 17.0 Å². The molecular formula is C26H17ClFN3O2S3. The first-order valence-electron chi connectivity index (χ1n) is 10.7. The molecule has 0 atom stereocenters. The van der Waals surface area contributed by atoms with Crippen molar-refractivity contribution in [3.05, 3.63) is 110 Å². The van der Waals surface area contributed by atoms with Crippen LogP contribution in [0.25, 0.3) is 11.7 Å². The van der Waals surface area contributed by atoms with Crippen LogP contribution in [0.3, 0.4) is 0 Å². The average Bonchev–Trinajstić information content (AvgIpc) is 3.12. The van der Waals surface area contributed by atoms with Gasteiger partial charge in [0.1, 0.15) is 20.8 Å². The number of aryl methyl sites for hydroxylation is 1. The Bertz CT molecular complexity index is 1600. The van der Waals surface area contributed by atoms with Gasteiger partial charge in [-0.2, -0.15) is 0 Å². The van der Waals surface area contributed by atoms with Crippen LogP contribution in [0, 0.1) is 12.7 Å². The molecule has 0 bridgehead atoms. The second-order valence-electron chi connectivity index (χ2n) is 8.02. The second-order valence-corrected chi connectivity index (χ2v) is 11.2. The Balaban J connectivity index is 1.56. The number of pyridine rings is 1. The number of thiocarbonyl (C=S) groups is 1. The number of carbonyl (C=O) groups excluding carboxylic acids is 1. The van der Waals surface area contributed by atoms with Crippen LogP contribution in [0.2, 0.25) is 5.02 Å². The maximum Gasteiger partial charge on any atom is 0.266 e. The summed E-state index contributed by atoms with van der Waals surface area (Å²) < 4.78 is 15.1. The lowest BCUT2D eigenvalue weighted by molar-refractivity contribution is -0.122. The molecule has 1 fully saturated rings. The van der Waals surface area contributed by atoms with Gasteiger partial charge in [0.25, 0.3) is 11.5 Å². The van der Waals surface area contributed by atoms with Crippen molar-refractivity contribution in [2.45, 2.75) is 23.4 Å². The minimum Gasteiger partial charge on any atom is -0.288 e. The zero-order valence-electron chi connectivity index (χ0n) is 18.8. The lowest BCUT2D eigenvalue weighted by Crippen LogP contribution is -2.27. The van der Waals surface area contributed by atoms with Crippen LogP contribution < -0.4 is 5.56 Å². The van der Waals surface area contributed by atoms with Crippen molar-refractivity contribution in [1.82, 2.24) is 14.3 Å². The zero-order chi connectivity index (χ0) is 25.4. The van der Waals surface area contributed by atoms with Crippen molar-refractivity contribution in [2.75, 3.05) is 0 Å². The maximum absolute atomic E-state index is 13.6. The second kappa shape index (κ2) is 10.2. The van der Waals surface area contributed by atoms with Gasteiger partial charge in [0, 0.05) is 16.1 Å². The molecule has 4 aromatic rings. The van der Waals surface area contributed by atoms with Crippen LogP contribution in [0.4, 0.5) is 4.39 Å². The van der Waals surface area contributed by atoms with E-state index in [0.29, 0.717) is 30.5 Å². The van der Waals surface area contributed by atoms with Crippen LogP contribution >= 0.6 is 47.3 Å². The fourth-order valence-corrected chi connectivity index (χ4v) is 5.85. The number of amides is 1. The summed E-state index contributed by atoms with van der Waals surface area (Å²) in [6.45, 7) is 2.10. The van der Waals surface area contributed by atoms with Crippen molar-refractivity contribution >= 4 is 69.3 Å². The van der Waals surface area contributed by atoms with Gasteiger partial charge in [-0.25, -0.2) is 9.37 Å². The van der Waals surface area contributed by atoms with Crippen LogP contribution in [0.1, 0.15) is 16.7 Å². The molecule has 0 radical (unpaired) electrons. The molecule has 36 heavy (non-hydrogen) atoms. The molecule has 3 heterocycles. The summed E-state index contributed by atoms with van der Waals surface area (Å²) in [5.74, 6) is -0.667. The van der Waals surface area contributed by atoms with Gasteiger partial charge >= 0.3 is 0 Å². The number of fused-ring (bicyclic) bond motifs is 1. The number of halogens is 2. The van der Waals surface area contributed by atoms with Crippen LogP contribution in [-0.2, 0) is 11.3 Å². The molecule has 5 nitrogen and oxygen atoms in total. The average molecular weight is 554 g/mol. The van der Waals surface area contributed by atoms with E-state index in [9.17, 15) is 14.0 Å². The fraction of sp³-hybridized carbons (Fsp3) is 0.0769. The molecule has 10 heteroatoms. The number of aromatic nitrogens is 2. The zero-order valence-corrected chi connectivity index (χ0v) is 22.0. The van der Waals surface area contributed by atoms with Gasteiger partial charge in [-0.15, -0.1) is 0 Å². The Morgan fingerprint density at radius 3 is 2.53 bits per heavy atom. The molecule has 0 N–H and O–H groups in total. The molecule has 0 saturated carbocycles. The molecule has 2 aromatic carbocycles. The third-order valence-corrected chi connectivity index (χ3v) is 8.04. The SMILES string of the molecule is Cc1ccc2nc(Sc3ccc(Cl)cc3)c(C=C3SC(=S)N(Cc4ccc(F)cc4)C3=O)c(=O)n2c1. The van der Waals surface area contributed by atoms with Crippen molar-refractivity contribution in [3.8, 4) is 0 Å². The quantitative estimate of drug-likeness (QED) is 0.163. The Hall–Kier alpha value is -2.98. The lowest BCUT2D eigenvalue weighted by Gasteiger charge is -2.14. The number of hydrogen-bond acceptors (Lipinski definition) is 6. The normalized spacial score (nSPS) is 14.9. The van der Waals surface area contributed by atoms with Crippen molar-refractivity contribution < 1.29 is 9.18 Å². The summed E-state index contributed by atoms with van der Waals surface area (Å²) in [6, 6.07) is 16.8. The van der Waals surface area contributed by atoms with E-state index in [1.54, 1.807) is 42.6 Å². The van der Waals surface area contributed by atoms with Crippen LogP contribution in [0.15, 0.2) is 86.5 Å². The largest absolute Gasteiger partial charge is 0.288 e. The van der Waals surface area contributed by atoms with Crippen LogP contribution in [-0.4, -0.2) is 24.5 Å². The minimum absolute atomic E-state index is 0.211. The Kier molecular flexibility index (Phi) is 6.98. The van der Waals surface area contributed by atoms with E-state index in [1.807, 2.05) is 25.1 Å². The van der Waals surface area contributed by atoms with E-state index in [2.05, 4.69) is 0 Å². The highest BCUT2D eigenvalue weighted by Crippen LogP contribution is 2.36. The van der Waals surface area contributed by atoms with Crippen molar-refractivity contribution in [2.24, 2.45) is 0 Å². The summed E-state index contributed by atoms with van der Waals surface area (Å²) >= 11 is 13.9. The molecule has 5 rings (SSSR count). The Morgan fingerprint density at radius 1 is 1.08 bits per heavy atom. The Morgan fingerprint density at radius 2 is 1.81 bits per heavy atom. The standard InChI is InChI=1S/C26H17ClFN3O2S3/c1-15-2-11-22-29-23(35-19-9-5-17(27)6-10-19)20(24(32)30(22)13-15)12-21-25(33)31(26(34)36-21)14-16-3-7-18(28)8-4-16/h2-13H,14H2,1H3. The summed E-state index contributed by atoms with van der Waals surface area (Å²) in [5, 5.41) is 1.07.